The minimum atomic E-state index is -3.63. The molecular weight excluding hydrogens is 332 g/mol. The highest BCUT2D eigenvalue weighted by atomic mass is 32.2. The molecule has 8 nitrogen and oxygen atoms in total. The number of carbonyl (C=O) groups is 1. The number of anilines is 1. The lowest BCUT2D eigenvalue weighted by Crippen LogP contribution is -2.48. The van der Waals surface area contributed by atoms with Gasteiger partial charge in [-0.05, 0) is 26.0 Å². The third-order valence-corrected chi connectivity index (χ3v) is 4.83. The van der Waals surface area contributed by atoms with Crippen LogP contribution in [0.5, 0.6) is 0 Å². The highest BCUT2D eigenvalue weighted by molar-refractivity contribution is 7.92. The second-order valence-electron chi connectivity index (χ2n) is 5.56. The Morgan fingerprint density at radius 2 is 1.88 bits per heavy atom. The second kappa shape index (κ2) is 7.00. The molecule has 1 aromatic heterocycles. The van der Waals surface area contributed by atoms with Gasteiger partial charge >= 0.3 is 0 Å². The molecule has 0 aliphatic rings. The summed E-state index contributed by atoms with van der Waals surface area (Å²) in [6.45, 7) is 3.46. The van der Waals surface area contributed by atoms with Gasteiger partial charge in [0.1, 0.15) is 17.4 Å². The number of aromatic nitrogens is 2. The van der Waals surface area contributed by atoms with E-state index in [1.165, 1.54) is 4.90 Å². The van der Waals surface area contributed by atoms with Gasteiger partial charge in [-0.15, -0.1) is 0 Å². The quantitative estimate of drug-likeness (QED) is 0.775. The Morgan fingerprint density at radius 1 is 1.25 bits per heavy atom. The number of sulfonamides is 1. The Labute approximate surface area is 141 Å². The van der Waals surface area contributed by atoms with E-state index in [-0.39, 0.29) is 12.5 Å². The van der Waals surface area contributed by atoms with Crippen molar-refractivity contribution >= 4 is 21.6 Å². The number of amides is 1. The minimum Gasteiger partial charge on any atom is -0.338 e. The third-order valence-electron chi connectivity index (χ3n) is 3.59. The van der Waals surface area contributed by atoms with Crippen molar-refractivity contribution in [3.05, 3.63) is 41.7 Å². The van der Waals surface area contributed by atoms with Crippen molar-refractivity contribution in [3.8, 4) is 0 Å². The van der Waals surface area contributed by atoms with Gasteiger partial charge in [-0.1, -0.05) is 28.5 Å². The fourth-order valence-electron chi connectivity index (χ4n) is 2.39. The molecule has 0 fully saturated rings. The maximum atomic E-state index is 12.7. The van der Waals surface area contributed by atoms with Gasteiger partial charge in [0.25, 0.3) is 0 Å². The van der Waals surface area contributed by atoms with Gasteiger partial charge in [0.2, 0.25) is 15.9 Å². The van der Waals surface area contributed by atoms with Crippen LogP contribution in [0.15, 0.2) is 35.0 Å². The number of carbonyl (C=O) groups excluding carboxylic acids is 1. The molecule has 0 radical (unpaired) electrons. The smallest absolute Gasteiger partial charge is 0.246 e. The van der Waals surface area contributed by atoms with Gasteiger partial charge in [-0.25, -0.2) is 13.0 Å². The Morgan fingerprint density at radius 3 is 2.38 bits per heavy atom. The molecule has 1 aromatic carbocycles. The largest absolute Gasteiger partial charge is 0.338 e. The van der Waals surface area contributed by atoms with Crippen LogP contribution in [0.1, 0.15) is 18.3 Å². The zero-order chi connectivity index (χ0) is 17.9. The van der Waals surface area contributed by atoms with Gasteiger partial charge in [-0.2, -0.15) is 0 Å². The minimum absolute atomic E-state index is 0.185. The first-order chi connectivity index (χ1) is 11.2. The Hall–Kier alpha value is -2.42. The standard InChI is InChI=1S/C15H20N4O4S/c1-11-14(17-23-16-11)10-18(3)15(20)12(2)19(24(4,21)22)13-8-6-5-7-9-13/h5-9,12H,10H2,1-4H3/t12-/m1/s1. The van der Waals surface area contributed by atoms with Gasteiger partial charge in [0.15, 0.2) is 0 Å². The van der Waals surface area contributed by atoms with E-state index in [1.54, 1.807) is 51.2 Å². The van der Waals surface area contributed by atoms with E-state index in [0.29, 0.717) is 17.1 Å². The summed E-state index contributed by atoms with van der Waals surface area (Å²) in [6.07, 6.45) is 1.08. The van der Waals surface area contributed by atoms with E-state index in [2.05, 4.69) is 14.9 Å². The van der Waals surface area contributed by atoms with Crippen LogP contribution in [0, 0.1) is 6.92 Å². The van der Waals surface area contributed by atoms with Crippen LogP contribution in [0.2, 0.25) is 0 Å². The molecule has 1 amide bonds. The van der Waals surface area contributed by atoms with Crippen LogP contribution in [-0.2, 0) is 21.4 Å². The first kappa shape index (κ1) is 17.9. The van der Waals surface area contributed by atoms with Crippen LogP contribution in [-0.4, -0.2) is 48.9 Å². The highest BCUT2D eigenvalue weighted by Crippen LogP contribution is 2.21. The predicted molar refractivity (Wildman–Crippen MR) is 88.7 cm³/mol. The van der Waals surface area contributed by atoms with Crippen molar-refractivity contribution < 1.29 is 17.8 Å². The topological polar surface area (TPSA) is 96.6 Å². The summed E-state index contributed by atoms with van der Waals surface area (Å²) < 4.78 is 30.1. The maximum Gasteiger partial charge on any atom is 0.246 e. The van der Waals surface area contributed by atoms with Crippen molar-refractivity contribution in [1.82, 2.24) is 15.2 Å². The lowest BCUT2D eigenvalue weighted by molar-refractivity contribution is -0.131. The number of likely N-dealkylation sites (N-methyl/N-ethyl adjacent to an activating group) is 1. The van der Waals surface area contributed by atoms with E-state index in [1.807, 2.05) is 0 Å². The third kappa shape index (κ3) is 3.91. The molecule has 130 valence electrons. The van der Waals surface area contributed by atoms with Gasteiger partial charge in [0.05, 0.1) is 18.5 Å². The number of aryl methyl sites for hydroxylation is 1. The summed E-state index contributed by atoms with van der Waals surface area (Å²) in [5.74, 6) is -0.355. The molecule has 0 aliphatic carbocycles. The van der Waals surface area contributed by atoms with Crippen LogP contribution in [0.25, 0.3) is 0 Å². The molecule has 1 heterocycles. The number of nitrogens with zero attached hydrogens (tertiary/aromatic N) is 4. The van der Waals surface area contributed by atoms with Gasteiger partial charge in [-0.3, -0.25) is 9.10 Å². The molecule has 2 aromatic rings. The summed E-state index contributed by atoms with van der Waals surface area (Å²) in [6, 6.07) is 7.63. The first-order valence-corrected chi connectivity index (χ1v) is 9.14. The molecule has 2 rings (SSSR count). The number of para-hydroxylation sites is 1. The molecule has 24 heavy (non-hydrogen) atoms. The SMILES string of the molecule is Cc1nonc1CN(C)C(=O)[C@@H](C)N(c1ccccc1)S(C)(=O)=O. The first-order valence-electron chi connectivity index (χ1n) is 7.29. The fourth-order valence-corrected chi connectivity index (χ4v) is 3.56. The molecule has 0 saturated carbocycles. The van der Waals surface area contributed by atoms with Crippen molar-refractivity contribution in [1.29, 1.82) is 0 Å². The summed E-state index contributed by atoms with van der Waals surface area (Å²) in [4.78, 5) is 14.1. The normalized spacial score (nSPS) is 12.7. The number of benzene rings is 1. The Kier molecular flexibility index (Phi) is 5.23. The zero-order valence-corrected chi connectivity index (χ0v) is 14.8. The van der Waals surface area contributed by atoms with Gasteiger partial charge < -0.3 is 4.90 Å². The Balaban J connectivity index is 2.24. The van der Waals surface area contributed by atoms with E-state index in [0.717, 1.165) is 10.6 Å². The zero-order valence-electron chi connectivity index (χ0n) is 14.0. The molecule has 1 atom stereocenters. The molecule has 0 bridgehead atoms. The van der Waals surface area contributed by atoms with E-state index in [9.17, 15) is 13.2 Å². The van der Waals surface area contributed by atoms with Crippen LogP contribution in [0.4, 0.5) is 5.69 Å². The van der Waals surface area contributed by atoms with Crippen molar-refractivity contribution in [2.75, 3.05) is 17.6 Å². The Bertz CT molecular complexity index is 804. The molecule has 0 N–H and O–H groups in total. The lowest BCUT2D eigenvalue weighted by Gasteiger charge is -2.30. The molecule has 0 saturated heterocycles. The number of hydrogen-bond donors (Lipinski definition) is 0. The monoisotopic (exact) mass is 352 g/mol. The molecular formula is C15H20N4O4S. The highest BCUT2D eigenvalue weighted by Gasteiger charge is 2.31. The molecule has 0 spiro atoms. The van der Waals surface area contributed by atoms with E-state index >= 15 is 0 Å². The molecule has 0 aliphatic heterocycles. The lowest BCUT2D eigenvalue weighted by atomic mass is 10.2. The van der Waals surface area contributed by atoms with Gasteiger partial charge in [0, 0.05) is 7.05 Å². The second-order valence-corrected chi connectivity index (χ2v) is 7.42. The average Bonchev–Trinajstić information content (AvgIpc) is 2.91. The van der Waals surface area contributed by atoms with Crippen molar-refractivity contribution in [2.24, 2.45) is 0 Å². The average molecular weight is 352 g/mol. The van der Waals surface area contributed by atoms with Crippen molar-refractivity contribution in [3.63, 3.8) is 0 Å². The van der Waals surface area contributed by atoms with E-state index < -0.39 is 16.1 Å². The molecule has 0 unspecified atom stereocenters. The number of hydrogen-bond acceptors (Lipinski definition) is 6. The van der Waals surface area contributed by atoms with E-state index in [4.69, 9.17) is 0 Å². The van der Waals surface area contributed by atoms with Crippen LogP contribution in [0.3, 0.4) is 0 Å². The summed E-state index contributed by atoms with van der Waals surface area (Å²) in [5.41, 5.74) is 1.56. The predicted octanol–water partition coefficient (Wildman–Crippen LogP) is 1.19. The summed E-state index contributed by atoms with van der Waals surface area (Å²) in [5, 5.41) is 7.40. The summed E-state index contributed by atoms with van der Waals surface area (Å²) >= 11 is 0. The van der Waals surface area contributed by atoms with Crippen LogP contribution < -0.4 is 4.31 Å². The maximum absolute atomic E-state index is 12.7. The fraction of sp³-hybridized carbons (Fsp3) is 0.400. The van der Waals surface area contributed by atoms with Crippen molar-refractivity contribution in [2.45, 2.75) is 26.4 Å². The number of rotatable bonds is 6. The van der Waals surface area contributed by atoms with Crippen LogP contribution >= 0.6 is 0 Å². The summed E-state index contributed by atoms with van der Waals surface area (Å²) in [7, 11) is -2.04. The molecule has 9 heteroatoms.